The number of aromatic nitrogens is 4. The summed E-state index contributed by atoms with van der Waals surface area (Å²) in [5, 5.41) is 8.66. The van der Waals surface area contributed by atoms with Crippen LogP contribution in [-0.4, -0.2) is 37.6 Å². The molecule has 6 nitrogen and oxygen atoms in total. The SMILES string of the molecule is CN(Cc1nnc2n1CCC2)C(=O)c1ccc(Cl)nc1. The maximum Gasteiger partial charge on any atom is 0.255 e. The molecule has 0 bridgehead atoms. The number of rotatable bonds is 3. The number of amides is 1. The van der Waals surface area contributed by atoms with E-state index in [0.717, 1.165) is 31.0 Å². The Morgan fingerprint density at radius 3 is 3.05 bits per heavy atom. The van der Waals surface area contributed by atoms with Crippen molar-refractivity contribution >= 4 is 17.5 Å². The van der Waals surface area contributed by atoms with E-state index in [1.807, 2.05) is 0 Å². The monoisotopic (exact) mass is 291 g/mol. The third-order valence-corrected chi connectivity index (χ3v) is 3.61. The van der Waals surface area contributed by atoms with E-state index in [1.165, 1.54) is 6.20 Å². The lowest BCUT2D eigenvalue weighted by atomic mass is 10.2. The van der Waals surface area contributed by atoms with Crippen molar-refractivity contribution in [2.45, 2.75) is 25.9 Å². The molecule has 0 atom stereocenters. The lowest BCUT2D eigenvalue weighted by Gasteiger charge is -2.16. The summed E-state index contributed by atoms with van der Waals surface area (Å²) in [6.45, 7) is 1.37. The van der Waals surface area contributed by atoms with Gasteiger partial charge in [-0.25, -0.2) is 4.98 Å². The highest BCUT2D eigenvalue weighted by atomic mass is 35.5. The highest BCUT2D eigenvalue weighted by molar-refractivity contribution is 6.29. The molecule has 0 N–H and O–H groups in total. The lowest BCUT2D eigenvalue weighted by Crippen LogP contribution is -2.27. The molecule has 1 aliphatic rings. The largest absolute Gasteiger partial charge is 0.334 e. The first-order valence-corrected chi connectivity index (χ1v) is 6.81. The number of halogens is 1. The van der Waals surface area contributed by atoms with Gasteiger partial charge in [0, 0.05) is 26.2 Å². The number of pyridine rings is 1. The van der Waals surface area contributed by atoms with Crippen LogP contribution in [0.3, 0.4) is 0 Å². The summed E-state index contributed by atoms with van der Waals surface area (Å²) in [5.74, 6) is 1.73. The molecule has 0 aromatic carbocycles. The van der Waals surface area contributed by atoms with E-state index in [2.05, 4.69) is 19.7 Å². The minimum atomic E-state index is -0.107. The predicted molar refractivity (Wildman–Crippen MR) is 73.4 cm³/mol. The zero-order valence-electron chi connectivity index (χ0n) is 11.1. The Morgan fingerprint density at radius 1 is 1.45 bits per heavy atom. The van der Waals surface area contributed by atoms with Crippen molar-refractivity contribution in [2.24, 2.45) is 0 Å². The van der Waals surface area contributed by atoms with Crippen molar-refractivity contribution < 1.29 is 4.79 Å². The van der Waals surface area contributed by atoms with Crippen molar-refractivity contribution in [3.63, 3.8) is 0 Å². The van der Waals surface area contributed by atoms with E-state index >= 15 is 0 Å². The van der Waals surface area contributed by atoms with Crippen LogP contribution in [0.1, 0.15) is 28.4 Å². The summed E-state index contributed by atoms with van der Waals surface area (Å²) in [6.07, 6.45) is 3.54. The first-order chi connectivity index (χ1) is 9.65. The minimum Gasteiger partial charge on any atom is -0.334 e. The van der Waals surface area contributed by atoms with Crippen molar-refractivity contribution in [2.75, 3.05) is 7.05 Å². The Morgan fingerprint density at radius 2 is 2.30 bits per heavy atom. The summed E-state index contributed by atoms with van der Waals surface area (Å²) in [7, 11) is 1.74. The second-order valence-electron chi connectivity index (χ2n) is 4.82. The maximum absolute atomic E-state index is 12.3. The zero-order chi connectivity index (χ0) is 14.1. The number of hydrogen-bond donors (Lipinski definition) is 0. The fourth-order valence-corrected chi connectivity index (χ4v) is 2.45. The average Bonchev–Trinajstić information content (AvgIpc) is 3.04. The summed E-state index contributed by atoms with van der Waals surface area (Å²) >= 11 is 5.72. The van der Waals surface area contributed by atoms with Crippen molar-refractivity contribution in [3.8, 4) is 0 Å². The van der Waals surface area contributed by atoms with Gasteiger partial charge < -0.3 is 9.47 Å². The first-order valence-electron chi connectivity index (χ1n) is 6.43. The quantitative estimate of drug-likeness (QED) is 0.805. The van der Waals surface area contributed by atoms with Gasteiger partial charge in [0.25, 0.3) is 5.91 Å². The molecule has 0 radical (unpaired) electrons. The molecule has 20 heavy (non-hydrogen) atoms. The first kappa shape index (κ1) is 13.1. The minimum absolute atomic E-state index is 0.107. The smallest absolute Gasteiger partial charge is 0.255 e. The molecule has 1 aliphatic heterocycles. The lowest BCUT2D eigenvalue weighted by molar-refractivity contribution is 0.0779. The Bertz CT molecular complexity index is 637. The topological polar surface area (TPSA) is 63.9 Å². The number of fused-ring (bicyclic) bond motifs is 1. The molecule has 0 fully saturated rings. The van der Waals surface area contributed by atoms with E-state index < -0.39 is 0 Å². The van der Waals surface area contributed by atoms with Gasteiger partial charge in [-0.05, 0) is 18.6 Å². The van der Waals surface area contributed by atoms with Gasteiger partial charge in [-0.2, -0.15) is 0 Å². The van der Waals surface area contributed by atoms with Gasteiger partial charge in [-0.3, -0.25) is 4.79 Å². The molecule has 104 valence electrons. The van der Waals surface area contributed by atoms with E-state index in [4.69, 9.17) is 11.6 Å². The highest BCUT2D eigenvalue weighted by Crippen LogP contribution is 2.16. The average molecular weight is 292 g/mol. The molecule has 2 aromatic rings. The molecule has 7 heteroatoms. The van der Waals surface area contributed by atoms with E-state index in [9.17, 15) is 4.79 Å². The molecule has 2 aromatic heterocycles. The summed E-state index contributed by atoms with van der Waals surface area (Å²) in [6, 6.07) is 3.28. The second kappa shape index (κ2) is 5.20. The Kier molecular flexibility index (Phi) is 3.40. The number of carbonyl (C=O) groups is 1. The molecule has 0 saturated carbocycles. The maximum atomic E-state index is 12.3. The fraction of sp³-hybridized carbons (Fsp3) is 0.385. The number of aryl methyl sites for hydroxylation is 1. The Labute approximate surface area is 121 Å². The van der Waals surface area contributed by atoms with Crippen LogP contribution in [0, 0.1) is 0 Å². The zero-order valence-corrected chi connectivity index (χ0v) is 11.8. The van der Waals surface area contributed by atoms with Crippen molar-refractivity contribution in [1.82, 2.24) is 24.6 Å². The van der Waals surface area contributed by atoms with Crippen LogP contribution in [0.15, 0.2) is 18.3 Å². The van der Waals surface area contributed by atoms with Gasteiger partial charge in [0.2, 0.25) is 0 Å². The third kappa shape index (κ3) is 2.38. The van der Waals surface area contributed by atoms with Crippen molar-refractivity contribution in [3.05, 3.63) is 40.7 Å². The molecule has 3 rings (SSSR count). The van der Waals surface area contributed by atoms with Crippen LogP contribution in [-0.2, 0) is 19.5 Å². The highest BCUT2D eigenvalue weighted by Gasteiger charge is 2.20. The van der Waals surface area contributed by atoms with Gasteiger partial charge in [-0.15, -0.1) is 10.2 Å². The molecule has 0 aliphatic carbocycles. The van der Waals surface area contributed by atoms with Crippen LogP contribution >= 0.6 is 11.6 Å². The second-order valence-corrected chi connectivity index (χ2v) is 5.21. The van der Waals surface area contributed by atoms with Crippen molar-refractivity contribution in [1.29, 1.82) is 0 Å². The number of carbonyl (C=O) groups excluding carboxylic acids is 1. The molecule has 1 amide bonds. The van der Waals surface area contributed by atoms with Gasteiger partial charge in [0.05, 0.1) is 12.1 Å². The fourth-order valence-electron chi connectivity index (χ4n) is 2.33. The molecular weight excluding hydrogens is 278 g/mol. The Hall–Kier alpha value is -1.95. The van der Waals surface area contributed by atoms with Gasteiger partial charge in [-0.1, -0.05) is 11.6 Å². The van der Waals surface area contributed by atoms with Crippen LogP contribution < -0.4 is 0 Å². The van der Waals surface area contributed by atoms with Crippen LogP contribution in [0.5, 0.6) is 0 Å². The summed E-state index contributed by atoms with van der Waals surface area (Å²) in [4.78, 5) is 17.8. The van der Waals surface area contributed by atoms with Crippen LogP contribution in [0.25, 0.3) is 0 Å². The molecule has 0 saturated heterocycles. The Balaban J connectivity index is 1.74. The summed E-state index contributed by atoms with van der Waals surface area (Å²) in [5.41, 5.74) is 0.512. The van der Waals surface area contributed by atoms with Crippen LogP contribution in [0.4, 0.5) is 0 Å². The normalized spacial score (nSPS) is 13.3. The third-order valence-electron chi connectivity index (χ3n) is 3.39. The van der Waals surface area contributed by atoms with Crippen LogP contribution in [0.2, 0.25) is 5.15 Å². The molecule has 0 spiro atoms. The summed E-state index contributed by atoms with van der Waals surface area (Å²) < 4.78 is 2.09. The van der Waals surface area contributed by atoms with E-state index in [1.54, 1.807) is 24.1 Å². The number of hydrogen-bond acceptors (Lipinski definition) is 4. The van der Waals surface area contributed by atoms with Gasteiger partial charge in [0.1, 0.15) is 11.0 Å². The number of nitrogens with zero attached hydrogens (tertiary/aromatic N) is 5. The standard InChI is InChI=1S/C13H14ClN5O/c1-18(13(20)9-4-5-10(14)15-7-9)8-12-17-16-11-3-2-6-19(11)12/h4-5,7H,2-3,6,8H2,1H3. The van der Waals surface area contributed by atoms with E-state index in [0.29, 0.717) is 17.3 Å². The predicted octanol–water partition coefficient (Wildman–Crippen LogP) is 1.54. The van der Waals surface area contributed by atoms with Gasteiger partial charge >= 0.3 is 0 Å². The van der Waals surface area contributed by atoms with Gasteiger partial charge in [0.15, 0.2) is 5.82 Å². The molecule has 3 heterocycles. The molecule has 0 unspecified atom stereocenters. The van der Waals surface area contributed by atoms with E-state index in [-0.39, 0.29) is 5.91 Å². The molecular formula is C13H14ClN5O.